The maximum absolute atomic E-state index is 6.40. The van der Waals surface area contributed by atoms with Crippen LogP contribution in [0, 0.1) is 0 Å². The number of nitrogens with zero attached hydrogens (tertiary/aromatic N) is 2. The number of nitrogens with two attached hydrogens (primary N) is 1. The van der Waals surface area contributed by atoms with Gasteiger partial charge in [-0.1, -0.05) is 31.9 Å². The Morgan fingerprint density at radius 1 is 1.25 bits per heavy atom. The maximum Gasteiger partial charge on any atom is 0.0739 e. The molecule has 0 aliphatic heterocycles. The number of hydrogen-bond donors (Lipinski definition) is 1. The first-order valence-corrected chi connectivity index (χ1v) is 8.32. The molecule has 0 radical (unpaired) electrons. The van der Waals surface area contributed by atoms with E-state index in [0.29, 0.717) is 13.2 Å². The summed E-state index contributed by atoms with van der Waals surface area (Å²) < 4.78 is 9.84. The van der Waals surface area contributed by atoms with E-state index in [1.165, 1.54) is 0 Å². The summed E-state index contributed by atoms with van der Waals surface area (Å²) in [5, 5.41) is 4.33. The molecule has 20 heavy (non-hydrogen) atoms. The van der Waals surface area contributed by atoms with Gasteiger partial charge in [0.15, 0.2) is 0 Å². The van der Waals surface area contributed by atoms with Crippen molar-refractivity contribution in [1.29, 1.82) is 0 Å². The summed E-state index contributed by atoms with van der Waals surface area (Å²) in [5.41, 5.74) is 8.34. The fourth-order valence-corrected chi connectivity index (χ4v) is 3.82. The zero-order chi connectivity index (χ0) is 14.7. The van der Waals surface area contributed by atoms with Crippen molar-refractivity contribution in [3.8, 4) is 0 Å². The van der Waals surface area contributed by atoms with E-state index in [0.717, 1.165) is 24.7 Å². The molecule has 2 N–H and O–H groups in total. The SMILES string of the molecule is COCCn1ncc(Br)c1C(N)c1cc(Br)cc(Br)c1. The lowest BCUT2D eigenvalue weighted by molar-refractivity contribution is 0.182. The number of aromatic nitrogens is 2. The minimum absolute atomic E-state index is 0.266. The molecule has 4 nitrogen and oxygen atoms in total. The normalized spacial score (nSPS) is 12.7. The Kier molecular flexibility index (Phi) is 5.80. The molecule has 0 amide bonds. The molecule has 0 aliphatic carbocycles. The molecule has 1 aromatic heterocycles. The second-order valence-corrected chi connectivity index (χ2v) is 6.96. The van der Waals surface area contributed by atoms with Crippen LogP contribution in [0.3, 0.4) is 0 Å². The van der Waals surface area contributed by atoms with E-state index in [2.05, 4.69) is 52.9 Å². The Balaban J connectivity index is 2.36. The number of benzene rings is 1. The standard InChI is InChI=1S/C13H14Br3N3O/c1-20-3-2-19-13(11(16)7-18-19)12(17)8-4-9(14)6-10(15)5-8/h4-7,12H,2-3,17H2,1H3. The number of rotatable bonds is 5. The summed E-state index contributed by atoms with van der Waals surface area (Å²) in [6, 6.07) is 5.73. The van der Waals surface area contributed by atoms with Gasteiger partial charge in [-0.15, -0.1) is 0 Å². The molecule has 0 saturated carbocycles. The second kappa shape index (κ2) is 7.17. The lowest BCUT2D eigenvalue weighted by atomic mass is 10.0. The van der Waals surface area contributed by atoms with E-state index in [-0.39, 0.29) is 6.04 Å². The van der Waals surface area contributed by atoms with Gasteiger partial charge in [-0.2, -0.15) is 5.10 Å². The van der Waals surface area contributed by atoms with Crippen LogP contribution < -0.4 is 5.73 Å². The summed E-state index contributed by atoms with van der Waals surface area (Å²) in [4.78, 5) is 0. The lowest BCUT2D eigenvalue weighted by Gasteiger charge is -2.16. The molecule has 1 heterocycles. The monoisotopic (exact) mass is 465 g/mol. The second-order valence-electron chi connectivity index (χ2n) is 4.27. The van der Waals surface area contributed by atoms with E-state index in [1.54, 1.807) is 13.3 Å². The van der Waals surface area contributed by atoms with E-state index in [1.807, 2.05) is 22.9 Å². The molecule has 0 aliphatic rings. The van der Waals surface area contributed by atoms with Crippen LogP contribution in [0.15, 0.2) is 37.8 Å². The largest absolute Gasteiger partial charge is 0.383 e. The van der Waals surface area contributed by atoms with Gasteiger partial charge >= 0.3 is 0 Å². The van der Waals surface area contributed by atoms with Crippen LogP contribution in [0.5, 0.6) is 0 Å². The molecular weight excluding hydrogens is 454 g/mol. The first-order chi connectivity index (χ1) is 9.52. The molecule has 7 heteroatoms. The van der Waals surface area contributed by atoms with Gasteiger partial charge in [0, 0.05) is 16.1 Å². The number of hydrogen-bond acceptors (Lipinski definition) is 3. The summed E-state index contributed by atoms with van der Waals surface area (Å²) in [6.45, 7) is 1.26. The summed E-state index contributed by atoms with van der Waals surface area (Å²) in [5.74, 6) is 0. The molecule has 1 unspecified atom stereocenters. The average Bonchev–Trinajstić information content (AvgIpc) is 2.75. The van der Waals surface area contributed by atoms with Gasteiger partial charge in [0.1, 0.15) is 0 Å². The topological polar surface area (TPSA) is 53.1 Å². The van der Waals surface area contributed by atoms with Crippen LogP contribution in [-0.4, -0.2) is 23.5 Å². The van der Waals surface area contributed by atoms with Crippen LogP contribution in [-0.2, 0) is 11.3 Å². The van der Waals surface area contributed by atoms with Gasteiger partial charge in [-0.25, -0.2) is 0 Å². The van der Waals surface area contributed by atoms with E-state index < -0.39 is 0 Å². The van der Waals surface area contributed by atoms with Crippen LogP contribution >= 0.6 is 47.8 Å². The maximum atomic E-state index is 6.40. The first kappa shape index (κ1) is 16.2. The molecule has 0 bridgehead atoms. The molecule has 1 atom stereocenters. The van der Waals surface area contributed by atoms with Gasteiger partial charge in [0.25, 0.3) is 0 Å². The van der Waals surface area contributed by atoms with Crippen molar-refractivity contribution in [2.24, 2.45) is 5.73 Å². The number of methoxy groups -OCH3 is 1. The van der Waals surface area contributed by atoms with Crippen molar-refractivity contribution in [3.63, 3.8) is 0 Å². The van der Waals surface area contributed by atoms with Crippen molar-refractivity contribution in [1.82, 2.24) is 9.78 Å². The Bertz CT molecular complexity index is 580. The molecule has 2 aromatic rings. The highest BCUT2D eigenvalue weighted by atomic mass is 79.9. The fraction of sp³-hybridized carbons (Fsp3) is 0.308. The molecule has 0 fully saturated rings. The van der Waals surface area contributed by atoms with Gasteiger partial charge in [0.05, 0.1) is 35.6 Å². The molecule has 0 spiro atoms. The van der Waals surface area contributed by atoms with Crippen molar-refractivity contribution in [2.75, 3.05) is 13.7 Å². The van der Waals surface area contributed by atoms with Gasteiger partial charge in [-0.3, -0.25) is 4.68 Å². The van der Waals surface area contributed by atoms with Gasteiger partial charge in [0.2, 0.25) is 0 Å². The predicted octanol–water partition coefficient (Wildman–Crippen LogP) is 3.87. The van der Waals surface area contributed by atoms with Crippen molar-refractivity contribution >= 4 is 47.8 Å². The Morgan fingerprint density at radius 2 is 1.90 bits per heavy atom. The number of ether oxygens (including phenoxy) is 1. The molecular formula is C13H14Br3N3O. The number of halogens is 3. The smallest absolute Gasteiger partial charge is 0.0739 e. The van der Waals surface area contributed by atoms with Crippen molar-refractivity contribution < 1.29 is 4.74 Å². The highest BCUT2D eigenvalue weighted by molar-refractivity contribution is 9.11. The lowest BCUT2D eigenvalue weighted by Crippen LogP contribution is -2.19. The van der Waals surface area contributed by atoms with Gasteiger partial charge < -0.3 is 10.5 Å². The summed E-state index contributed by atoms with van der Waals surface area (Å²) in [7, 11) is 1.67. The third kappa shape index (κ3) is 3.71. The van der Waals surface area contributed by atoms with Crippen LogP contribution in [0.1, 0.15) is 17.3 Å². The minimum Gasteiger partial charge on any atom is -0.383 e. The predicted molar refractivity (Wildman–Crippen MR) is 89.7 cm³/mol. The molecule has 1 aromatic carbocycles. The molecule has 0 saturated heterocycles. The third-order valence-corrected chi connectivity index (χ3v) is 4.41. The Labute approximate surface area is 143 Å². The first-order valence-electron chi connectivity index (χ1n) is 5.94. The zero-order valence-corrected chi connectivity index (χ0v) is 15.6. The van der Waals surface area contributed by atoms with E-state index in [9.17, 15) is 0 Å². The average molecular weight is 468 g/mol. The Hall–Kier alpha value is -0.210. The minimum atomic E-state index is -0.266. The van der Waals surface area contributed by atoms with Crippen molar-refractivity contribution in [2.45, 2.75) is 12.6 Å². The zero-order valence-electron chi connectivity index (χ0n) is 10.8. The third-order valence-electron chi connectivity index (χ3n) is 2.88. The Morgan fingerprint density at radius 3 is 2.50 bits per heavy atom. The summed E-state index contributed by atoms with van der Waals surface area (Å²) in [6.07, 6.45) is 1.76. The van der Waals surface area contributed by atoms with E-state index in [4.69, 9.17) is 10.5 Å². The summed E-state index contributed by atoms with van der Waals surface area (Å²) >= 11 is 10.5. The van der Waals surface area contributed by atoms with E-state index >= 15 is 0 Å². The fourth-order valence-electron chi connectivity index (χ4n) is 1.95. The van der Waals surface area contributed by atoms with Crippen LogP contribution in [0.2, 0.25) is 0 Å². The highest BCUT2D eigenvalue weighted by Gasteiger charge is 2.19. The quantitative estimate of drug-likeness (QED) is 0.726. The molecule has 2 rings (SSSR count). The molecule has 108 valence electrons. The highest BCUT2D eigenvalue weighted by Crippen LogP contribution is 2.30. The van der Waals surface area contributed by atoms with Crippen LogP contribution in [0.25, 0.3) is 0 Å². The van der Waals surface area contributed by atoms with Crippen molar-refractivity contribution in [3.05, 3.63) is 49.1 Å². The van der Waals surface area contributed by atoms with Gasteiger partial charge in [-0.05, 0) is 39.7 Å². The van der Waals surface area contributed by atoms with Crippen LogP contribution in [0.4, 0.5) is 0 Å².